The normalized spacial score (nSPS) is 16.1. The largest absolute Gasteiger partial charge is 0.316 e. The third-order valence-corrected chi connectivity index (χ3v) is 1.92. The topological polar surface area (TPSA) is 70.6 Å². The summed E-state index contributed by atoms with van der Waals surface area (Å²) < 4.78 is 0. The highest BCUT2D eigenvalue weighted by Gasteiger charge is 2.25. The zero-order valence-corrected chi connectivity index (χ0v) is 7.76. The fourth-order valence-corrected chi connectivity index (χ4v) is 1.08. The lowest BCUT2D eigenvalue weighted by Crippen LogP contribution is -2.27. The van der Waals surface area contributed by atoms with Gasteiger partial charge < -0.3 is 0 Å². The van der Waals surface area contributed by atoms with Gasteiger partial charge in [0.15, 0.2) is 0 Å². The molecule has 2 amide bonds. The standard InChI is InChI=1S/C8H13N3O2/c1-3-5(4-2)9-8-10-6(12)7(13)11-8/h5H,3-4H2,1-2H3,(H2,9,10,11,12,13). The molecule has 1 aliphatic rings. The number of rotatable bonds is 3. The van der Waals surface area contributed by atoms with Crippen molar-refractivity contribution in [3.8, 4) is 0 Å². The summed E-state index contributed by atoms with van der Waals surface area (Å²) in [6, 6.07) is 0.161. The molecule has 0 atom stereocenters. The Kier molecular flexibility index (Phi) is 3.00. The van der Waals surface area contributed by atoms with Crippen molar-refractivity contribution in [2.24, 2.45) is 4.99 Å². The number of nitrogens with zero attached hydrogens (tertiary/aromatic N) is 1. The Labute approximate surface area is 76.6 Å². The molecule has 1 aliphatic heterocycles. The van der Waals surface area contributed by atoms with Gasteiger partial charge in [0.05, 0.1) is 6.04 Å². The summed E-state index contributed by atoms with van der Waals surface area (Å²) in [4.78, 5) is 25.6. The van der Waals surface area contributed by atoms with Crippen molar-refractivity contribution in [3.05, 3.63) is 0 Å². The number of hydrogen-bond donors (Lipinski definition) is 2. The molecule has 0 aromatic heterocycles. The molecule has 1 rings (SSSR count). The summed E-state index contributed by atoms with van der Waals surface area (Å²) in [5, 5.41) is 4.71. The summed E-state index contributed by atoms with van der Waals surface area (Å²) >= 11 is 0. The second-order valence-electron chi connectivity index (χ2n) is 2.86. The van der Waals surface area contributed by atoms with Crippen molar-refractivity contribution in [2.75, 3.05) is 0 Å². The van der Waals surface area contributed by atoms with Gasteiger partial charge in [-0.05, 0) is 12.8 Å². The number of hydrogen-bond acceptors (Lipinski definition) is 3. The average Bonchev–Trinajstić information content (AvgIpc) is 2.42. The highest BCUT2D eigenvalue weighted by molar-refractivity contribution is 6.45. The number of carbonyl (C=O) groups excluding carboxylic acids is 2. The van der Waals surface area contributed by atoms with E-state index in [0.717, 1.165) is 12.8 Å². The lowest BCUT2D eigenvalue weighted by molar-refractivity contribution is -0.135. The van der Waals surface area contributed by atoms with Crippen LogP contribution in [0, 0.1) is 0 Å². The molecule has 0 unspecified atom stereocenters. The molecule has 0 radical (unpaired) electrons. The van der Waals surface area contributed by atoms with Crippen molar-refractivity contribution in [1.29, 1.82) is 0 Å². The van der Waals surface area contributed by atoms with Gasteiger partial charge in [-0.25, -0.2) is 4.99 Å². The summed E-state index contributed by atoms with van der Waals surface area (Å²) in [6.07, 6.45) is 1.79. The molecular formula is C8H13N3O2. The van der Waals surface area contributed by atoms with Gasteiger partial charge in [-0.1, -0.05) is 13.8 Å². The molecule has 72 valence electrons. The Hall–Kier alpha value is -1.39. The van der Waals surface area contributed by atoms with E-state index >= 15 is 0 Å². The minimum Gasteiger partial charge on any atom is -0.288 e. The van der Waals surface area contributed by atoms with E-state index < -0.39 is 11.8 Å². The molecule has 0 aromatic rings. The Bertz CT molecular complexity index is 238. The fourth-order valence-electron chi connectivity index (χ4n) is 1.08. The molecule has 0 spiro atoms. The second kappa shape index (κ2) is 4.02. The Morgan fingerprint density at radius 2 is 1.62 bits per heavy atom. The van der Waals surface area contributed by atoms with Gasteiger partial charge in [0.2, 0.25) is 5.96 Å². The molecule has 1 saturated heterocycles. The second-order valence-corrected chi connectivity index (χ2v) is 2.86. The Morgan fingerprint density at radius 3 is 2.00 bits per heavy atom. The van der Waals surface area contributed by atoms with E-state index in [1.165, 1.54) is 0 Å². The van der Waals surface area contributed by atoms with Crippen molar-refractivity contribution in [3.63, 3.8) is 0 Å². The fraction of sp³-hybridized carbons (Fsp3) is 0.625. The van der Waals surface area contributed by atoms with Crippen LogP contribution in [0.1, 0.15) is 26.7 Å². The van der Waals surface area contributed by atoms with Gasteiger partial charge in [0, 0.05) is 0 Å². The maximum atomic E-state index is 10.7. The zero-order chi connectivity index (χ0) is 9.84. The van der Waals surface area contributed by atoms with Crippen molar-refractivity contribution in [1.82, 2.24) is 10.6 Å². The maximum Gasteiger partial charge on any atom is 0.316 e. The van der Waals surface area contributed by atoms with Crippen molar-refractivity contribution < 1.29 is 9.59 Å². The minimum absolute atomic E-state index is 0.161. The van der Waals surface area contributed by atoms with Crippen LogP contribution < -0.4 is 10.6 Å². The van der Waals surface area contributed by atoms with Crippen LogP contribution >= 0.6 is 0 Å². The Morgan fingerprint density at radius 1 is 1.15 bits per heavy atom. The highest BCUT2D eigenvalue weighted by atomic mass is 16.2. The van der Waals surface area contributed by atoms with Crippen LogP contribution in [0.3, 0.4) is 0 Å². The Balaban J connectivity index is 2.63. The lowest BCUT2D eigenvalue weighted by Gasteiger charge is -2.06. The first-order valence-electron chi connectivity index (χ1n) is 4.37. The van der Waals surface area contributed by atoms with Crippen LogP contribution in [0.4, 0.5) is 0 Å². The van der Waals surface area contributed by atoms with Crippen LogP contribution in [0.2, 0.25) is 0 Å². The number of nitrogens with one attached hydrogen (secondary N) is 2. The third-order valence-electron chi connectivity index (χ3n) is 1.92. The smallest absolute Gasteiger partial charge is 0.288 e. The van der Waals surface area contributed by atoms with Crippen LogP contribution in [0.15, 0.2) is 4.99 Å². The van der Waals surface area contributed by atoms with Crippen LogP contribution in [-0.4, -0.2) is 23.8 Å². The predicted octanol–water partition coefficient (Wildman–Crippen LogP) is -0.223. The summed E-state index contributed by atoms with van der Waals surface area (Å²) in [5.41, 5.74) is 0. The minimum atomic E-state index is -0.635. The number of aliphatic imine (C=N–C) groups is 1. The van der Waals surface area contributed by atoms with E-state index in [-0.39, 0.29) is 12.0 Å². The van der Waals surface area contributed by atoms with Crippen LogP contribution in [-0.2, 0) is 9.59 Å². The first-order valence-corrected chi connectivity index (χ1v) is 4.37. The molecule has 0 bridgehead atoms. The van der Waals surface area contributed by atoms with E-state index in [0.29, 0.717) is 0 Å². The van der Waals surface area contributed by atoms with E-state index in [2.05, 4.69) is 15.6 Å². The molecule has 0 aromatic carbocycles. The SMILES string of the molecule is CCC(CC)N=C1NC(=O)C(=O)N1. The summed E-state index contributed by atoms with van der Waals surface area (Å²) in [7, 11) is 0. The quantitative estimate of drug-likeness (QED) is 0.594. The van der Waals surface area contributed by atoms with E-state index in [1.807, 2.05) is 13.8 Å². The van der Waals surface area contributed by atoms with Gasteiger partial charge >= 0.3 is 11.8 Å². The lowest BCUT2D eigenvalue weighted by atomic mass is 10.2. The van der Waals surface area contributed by atoms with E-state index in [4.69, 9.17) is 0 Å². The highest BCUT2D eigenvalue weighted by Crippen LogP contribution is 2.02. The van der Waals surface area contributed by atoms with Crippen molar-refractivity contribution in [2.45, 2.75) is 32.7 Å². The molecule has 0 aliphatic carbocycles. The zero-order valence-electron chi connectivity index (χ0n) is 7.76. The number of carbonyl (C=O) groups is 2. The van der Waals surface area contributed by atoms with Crippen LogP contribution in [0.25, 0.3) is 0 Å². The van der Waals surface area contributed by atoms with E-state index in [9.17, 15) is 9.59 Å². The van der Waals surface area contributed by atoms with Gasteiger partial charge in [-0.3, -0.25) is 20.2 Å². The number of guanidine groups is 1. The van der Waals surface area contributed by atoms with Gasteiger partial charge in [-0.2, -0.15) is 0 Å². The van der Waals surface area contributed by atoms with Crippen molar-refractivity contribution >= 4 is 17.8 Å². The van der Waals surface area contributed by atoms with Gasteiger partial charge in [-0.15, -0.1) is 0 Å². The molecule has 0 saturated carbocycles. The monoisotopic (exact) mass is 183 g/mol. The van der Waals surface area contributed by atoms with Gasteiger partial charge in [0.1, 0.15) is 0 Å². The number of amides is 2. The molecule has 5 nitrogen and oxygen atoms in total. The van der Waals surface area contributed by atoms with Gasteiger partial charge in [0.25, 0.3) is 0 Å². The van der Waals surface area contributed by atoms with E-state index in [1.54, 1.807) is 0 Å². The summed E-state index contributed by atoms with van der Waals surface area (Å²) in [5.74, 6) is -0.988. The predicted molar refractivity (Wildman–Crippen MR) is 48.1 cm³/mol. The molecular weight excluding hydrogens is 170 g/mol. The molecule has 1 fully saturated rings. The molecule has 1 heterocycles. The first kappa shape index (κ1) is 9.70. The summed E-state index contributed by atoms with van der Waals surface area (Å²) in [6.45, 7) is 4.02. The molecule has 5 heteroatoms. The molecule has 13 heavy (non-hydrogen) atoms. The van der Waals surface area contributed by atoms with Crippen LogP contribution in [0.5, 0.6) is 0 Å². The first-order chi connectivity index (χ1) is 6.17. The molecule has 2 N–H and O–H groups in total. The maximum absolute atomic E-state index is 10.7. The average molecular weight is 183 g/mol. The third kappa shape index (κ3) is 2.27.